The summed E-state index contributed by atoms with van der Waals surface area (Å²) in [6.45, 7) is 4.78. The predicted molar refractivity (Wildman–Crippen MR) is 72.6 cm³/mol. The third-order valence-corrected chi connectivity index (χ3v) is 4.15. The lowest BCUT2D eigenvalue weighted by Gasteiger charge is -2.37. The van der Waals surface area contributed by atoms with Crippen LogP contribution >= 0.6 is 0 Å². The molecule has 1 saturated heterocycles. The molecule has 4 heteroatoms. The first-order valence-electron chi connectivity index (χ1n) is 7.39. The Hall–Kier alpha value is -0.160. The molecule has 0 amide bonds. The van der Waals surface area contributed by atoms with Gasteiger partial charge in [0.15, 0.2) is 0 Å². The Morgan fingerprint density at radius 3 is 2.50 bits per heavy atom. The molecule has 2 rings (SSSR count). The Morgan fingerprint density at radius 2 is 1.94 bits per heavy atom. The molecule has 4 nitrogen and oxygen atoms in total. The van der Waals surface area contributed by atoms with Crippen molar-refractivity contribution in [3.05, 3.63) is 0 Å². The van der Waals surface area contributed by atoms with E-state index in [1.54, 1.807) is 0 Å². The van der Waals surface area contributed by atoms with Gasteiger partial charge in [0.25, 0.3) is 0 Å². The number of piperidine rings is 1. The van der Waals surface area contributed by atoms with Gasteiger partial charge < -0.3 is 15.2 Å². The third-order valence-electron chi connectivity index (χ3n) is 4.15. The fourth-order valence-corrected chi connectivity index (χ4v) is 2.90. The fraction of sp³-hybridized carbons (Fsp3) is 1.00. The summed E-state index contributed by atoms with van der Waals surface area (Å²) in [5.41, 5.74) is 5.48. The van der Waals surface area contributed by atoms with Crippen molar-refractivity contribution in [3.8, 4) is 0 Å². The fourth-order valence-electron chi connectivity index (χ4n) is 2.90. The Balaban J connectivity index is 1.68. The molecule has 1 atom stereocenters. The Bertz CT molecular complexity index is 226. The van der Waals surface area contributed by atoms with E-state index >= 15 is 0 Å². The molecule has 0 bridgehead atoms. The molecule has 18 heavy (non-hydrogen) atoms. The van der Waals surface area contributed by atoms with Crippen molar-refractivity contribution in [2.45, 2.75) is 44.2 Å². The van der Waals surface area contributed by atoms with Crippen LogP contribution in [0.2, 0.25) is 0 Å². The number of rotatable bonds is 8. The van der Waals surface area contributed by atoms with Gasteiger partial charge in [-0.25, -0.2) is 0 Å². The van der Waals surface area contributed by atoms with Gasteiger partial charge in [-0.2, -0.15) is 0 Å². The van der Waals surface area contributed by atoms with Crippen LogP contribution in [0.1, 0.15) is 32.1 Å². The summed E-state index contributed by atoms with van der Waals surface area (Å²) in [6.07, 6.45) is 6.54. The third kappa shape index (κ3) is 4.19. The summed E-state index contributed by atoms with van der Waals surface area (Å²) in [5.74, 6) is 0.889. The second kappa shape index (κ2) is 7.43. The van der Waals surface area contributed by atoms with Crippen molar-refractivity contribution in [2.24, 2.45) is 11.7 Å². The SMILES string of the molecule is COCC(C1CC1)N1CCC(OCCCN)CC1. The maximum Gasteiger partial charge on any atom is 0.0620 e. The van der Waals surface area contributed by atoms with Crippen LogP contribution in [0, 0.1) is 5.92 Å². The zero-order valence-electron chi connectivity index (χ0n) is 11.6. The molecular weight excluding hydrogens is 228 g/mol. The highest BCUT2D eigenvalue weighted by atomic mass is 16.5. The van der Waals surface area contributed by atoms with Crippen molar-refractivity contribution < 1.29 is 9.47 Å². The summed E-state index contributed by atoms with van der Waals surface area (Å²) < 4.78 is 11.2. The lowest BCUT2D eigenvalue weighted by molar-refractivity contribution is -0.0157. The number of hydrogen-bond donors (Lipinski definition) is 1. The van der Waals surface area contributed by atoms with Crippen molar-refractivity contribution in [3.63, 3.8) is 0 Å². The number of likely N-dealkylation sites (tertiary alicyclic amines) is 1. The van der Waals surface area contributed by atoms with Gasteiger partial charge >= 0.3 is 0 Å². The van der Waals surface area contributed by atoms with E-state index in [1.807, 2.05) is 7.11 Å². The molecule has 2 fully saturated rings. The molecule has 0 aromatic carbocycles. The molecule has 1 aliphatic heterocycles. The molecule has 1 heterocycles. The number of methoxy groups -OCH3 is 1. The molecule has 0 radical (unpaired) electrons. The second-order valence-electron chi connectivity index (χ2n) is 5.61. The normalized spacial score (nSPS) is 24.3. The molecule has 1 saturated carbocycles. The molecule has 0 aromatic heterocycles. The topological polar surface area (TPSA) is 47.7 Å². The van der Waals surface area contributed by atoms with Gasteiger partial charge in [0.05, 0.1) is 12.7 Å². The van der Waals surface area contributed by atoms with E-state index in [1.165, 1.54) is 12.8 Å². The minimum atomic E-state index is 0.454. The van der Waals surface area contributed by atoms with E-state index in [4.69, 9.17) is 15.2 Å². The monoisotopic (exact) mass is 256 g/mol. The zero-order chi connectivity index (χ0) is 12.8. The van der Waals surface area contributed by atoms with Crippen LogP contribution in [0.15, 0.2) is 0 Å². The van der Waals surface area contributed by atoms with Gasteiger partial charge in [0, 0.05) is 32.8 Å². The Morgan fingerprint density at radius 1 is 1.22 bits per heavy atom. The van der Waals surface area contributed by atoms with Gasteiger partial charge in [0.1, 0.15) is 0 Å². The van der Waals surface area contributed by atoms with Crippen molar-refractivity contribution in [2.75, 3.05) is 40.0 Å². The lowest BCUT2D eigenvalue weighted by atomic mass is 10.0. The molecule has 106 valence electrons. The maximum absolute atomic E-state index is 5.85. The average Bonchev–Trinajstić information content (AvgIpc) is 3.22. The second-order valence-corrected chi connectivity index (χ2v) is 5.61. The smallest absolute Gasteiger partial charge is 0.0620 e. The van der Waals surface area contributed by atoms with E-state index in [9.17, 15) is 0 Å². The number of hydrogen-bond acceptors (Lipinski definition) is 4. The van der Waals surface area contributed by atoms with Gasteiger partial charge in [-0.05, 0) is 44.6 Å². The molecule has 1 unspecified atom stereocenters. The van der Waals surface area contributed by atoms with E-state index < -0.39 is 0 Å². The van der Waals surface area contributed by atoms with Crippen LogP contribution in [-0.2, 0) is 9.47 Å². The maximum atomic E-state index is 5.85. The molecule has 0 spiro atoms. The standard InChI is InChI=1S/C14H28N2O2/c1-17-11-14(12-3-4-12)16-8-5-13(6-9-16)18-10-2-7-15/h12-14H,2-11,15H2,1H3. The highest BCUT2D eigenvalue weighted by molar-refractivity contribution is 4.90. The van der Waals surface area contributed by atoms with E-state index in [-0.39, 0.29) is 0 Å². The summed E-state index contributed by atoms with van der Waals surface area (Å²) in [7, 11) is 1.82. The van der Waals surface area contributed by atoms with Crippen molar-refractivity contribution in [1.29, 1.82) is 0 Å². The molecule has 0 aromatic rings. The highest BCUT2D eigenvalue weighted by Crippen LogP contribution is 2.36. The average molecular weight is 256 g/mol. The van der Waals surface area contributed by atoms with Gasteiger partial charge in [0.2, 0.25) is 0 Å². The van der Waals surface area contributed by atoms with Crippen molar-refractivity contribution >= 4 is 0 Å². The van der Waals surface area contributed by atoms with Crippen LogP contribution in [0.5, 0.6) is 0 Å². The molecule has 1 aliphatic carbocycles. The Kier molecular flexibility index (Phi) is 5.89. The minimum Gasteiger partial charge on any atom is -0.383 e. The van der Waals surface area contributed by atoms with E-state index in [0.717, 1.165) is 58.0 Å². The first-order valence-corrected chi connectivity index (χ1v) is 7.39. The van der Waals surface area contributed by atoms with Gasteiger partial charge in [-0.1, -0.05) is 0 Å². The summed E-state index contributed by atoms with van der Waals surface area (Å²) in [6, 6.07) is 0.653. The predicted octanol–water partition coefficient (Wildman–Crippen LogP) is 1.24. The van der Waals surface area contributed by atoms with Crippen LogP contribution in [-0.4, -0.2) is 57.0 Å². The van der Waals surface area contributed by atoms with Crippen LogP contribution < -0.4 is 5.73 Å². The minimum absolute atomic E-state index is 0.454. The van der Waals surface area contributed by atoms with E-state index in [2.05, 4.69) is 4.90 Å². The number of ether oxygens (including phenoxy) is 2. The van der Waals surface area contributed by atoms with E-state index in [0.29, 0.717) is 12.1 Å². The molecule has 2 N–H and O–H groups in total. The lowest BCUT2D eigenvalue weighted by Crippen LogP contribution is -2.46. The summed E-state index contributed by atoms with van der Waals surface area (Å²) in [5, 5.41) is 0. The van der Waals surface area contributed by atoms with Crippen LogP contribution in [0.25, 0.3) is 0 Å². The summed E-state index contributed by atoms with van der Waals surface area (Å²) in [4.78, 5) is 2.62. The Labute approximate surface area is 111 Å². The first-order chi connectivity index (χ1) is 8.85. The first kappa shape index (κ1) is 14.3. The highest BCUT2D eigenvalue weighted by Gasteiger charge is 2.36. The summed E-state index contributed by atoms with van der Waals surface area (Å²) >= 11 is 0. The number of nitrogens with two attached hydrogens (primary N) is 1. The van der Waals surface area contributed by atoms with Crippen LogP contribution in [0.4, 0.5) is 0 Å². The largest absolute Gasteiger partial charge is 0.383 e. The quantitative estimate of drug-likeness (QED) is 0.664. The van der Waals surface area contributed by atoms with Gasteiger partial charge in [-0.3, -0.25) is 4.90 Å². The zero-order valence-corrected chi connectivity index (χ0v) is 11.6. The van der Waals surface area contributed by atoms with Gasteiger partial charge in [-0.15, -0.1) is 0 Å². The number of nitrogens with zero attached hydrogens (tertiary/aromatic N) is 1. The molecule has 2 aliphatic rings. The molecular formula is C14H28N2O2. The van der Waals surface area contributed by atoms with Crippen molar-refractivity contribution in [1.82, 2.24) is 4.90 Å². The van der Waals surface area contributed by atoms with Crippen LogP contribution in [0.3, 0.4) is 0 Å².